The molecule has 2 aromatic carbocycles. The maximum absolute atomic E-state index is 10.8. The van der Waals surface area contributed by atoms with Crippen molar-refractivity contribution in [3.63, 3.8) is 0 Å². The summed E-state index contributed by atoms with van der Waals surface area (Å²) >= 11 is 0. The van der Waals surface area contributed by atoms with Crippen LogP contribution in [0.3, 0.4) is 0 Å². The molecule has 23 heavy (non-hydrogen) atoms. The molecule has 1 heterocycles. The number of nitro groups is 1. The Morgan fingerprint density at radius 1 is 1.13 bits per heavy atom. The smallest absolute Gasteiger partial charge is 0.269 e. The van der Waals surface area contributed by atoms with Crippen molar-refractivity contribution in [2.24, 2.45) is 0 Å². The molecule has 118 valence electrons. The number of rotatable bonds is 5. The van der Waals surface area contributed by atoms with Crippen LogP contribution in [0.25, 0.3) is 11.1 Å². The van der Waals surface area contributed by atoms with Crippen LogP contribution in [0, 0.1) is 10.1 Å². The normalized spacial score (nSPS) is 13.4. The van der Waals surface area contributed by atoms with Gasteiger partial charge in [-0.1, -0.05) is 31.5 Å². The van der Waals surface area contributed by atoms with Crippen LogP contribution in [0.2, 0.25) is 0 Å². The van der Waals surface area contributed by atoms with Gasteiger partial charge < -0.3 is 4.74 Å². The molecule has 0 saturated carbocycles. The van der Waals surface area contributed by atoms with Gasteiger partial charge >= 0.3 is 0 Å². The van der Waals surface area contributed by atoms with Gasteiger partial charge in [-0.2, -0.15) is 0 Å². The topological polar surface area (TPSA) is 52.4 Å². The Kier molecular flexibility index (Phi) is 4.42. The van der Waals surface area contributed by atoms with E-state index in [9.17, 15) is 10.1 Å². The summed E-state index contributed by atoms with van der Waals surface area (Å²) in [7, 11) is 0. The Morgan fingerprint density at radius 2 is 1.87 bits per heavy atom. The number of non-ortho nitro benzene ring substituents is 1. The number of nitrogens with zero attached hydrogens (tertiary/aromatic N) is 1. The highest BCUT2D eigenvalue weighted by molar-refractivity contribution is 5.94. The number of allylic oxidation sites excluding steroid dienone is 1. The van der Waals surface area contributed by atoms with Gasteiger partial charge in [0.15, 0.2) is 0 Å². The van der Waals surface area contributed by atoms with Gasteiger partial charge in [-0.15, -0.1) is 0 Å². The van der Waals surface area contributed by atoms with Crippen molar-refractivity contribution >= 4 is 16.8 Å². The van der Waals surface area contributed by atoms with E-state index >= 15 is 0 Å². The van der Waals surface area contributed by atoms with Crippen molar-refractivity contribution in [1.29, 1.82) is 0 Å². The molecule has 0 unspecified atom stereocenters. The minimum absolute atomic E-state index is 0.113. The van der Waals surface area contributed by atoms with Crippen molar-refractivity contribution in [3.8, 4) is 5.75 Å². The van der Waals surface area contributed by atoms with Crippen LogP contribution in [-0.4, -0.2) is 11.5 Å². The van der Waals surface area contributed by atoms with E-state index in [4.69, 9.17) is 4.74 Å². The van der Waals surface area contributed by atoms with Crippen molar-refractivity contribution in [1.82, 2.24) is 0 Å². The third-order valence-electron chi connectivity index (χ3n) is 4.16. The number of unbranched alkanes of at least 4 members (excludes halogenated alkanes) is 1. The van der Waals surface area contributed by atoms with Crippen LogP contribution in [0.1, 0.15) is 37.3 Å². The fourth-order valence-corrected chi connectivity index (χ4v) is 2.92. The number of hydrogen-bond acceptors (Lipinski definition) is 3. The highest BCUT2D eigenvalue weighted by atomic mass is 16.6. The van der Waals surface area contributed by atoms with Crippen LogP contribution in [0.5, 0.6) is 5.75 Å². The first-order chi connectivity index (χ1) is 11.2. The minimum atomic E-state index is -0.372. The molecule has 4 nitrogen and oxygen atoms in total. The van der Waals surface area contributed by atoms with Gasteiger partial charge in [-0.25, -0.2) is 0 Å². The van der Waals surface area contributed by atoms with E-state index in [1.54, 1.807) is 12.1 Å². The van der Waals surface area contributed by atoms with Crippen LogP contribution in [-0.2, 0) is 0 Å². The van der Waals surface area contributed by atoms with Gasteiger partial charge in [-0.3, -0.25) is 10.1 Å². The van der Waals surface area contributed by atoms with E-state index in [1.807, 2.05) is 30.3 Å². The standard InChI is InChI=1S/C19H19NO3/c1-2-3-6-16-17-7-4-5-8-19(17)23-13-18(16)14-9-11-15(12-10-14)20(21)22/h4-5,7-12H,2-3,6,13H2,1H3. The lowest BCUT2D eigenvalue weighted by Crippen LogP contribution is -2.11. The van der Waals surface area contributed by atoms with Gasteiger partial charge in [0, 0.05) is 23.3 Å². The highest BCUT2D eigenvalue weighted by Gasteiger charge is 2.21. The lowest BCUT2D eigenvalue weighted by Gasteiger charge is -2.24. The maximum Gasteiger partial charge on any atom is 0.269 e. The average Bonchev–Trinajstić information content (AvgIpc) is 2.59. The van der Waals surface area contributed by atoms with Gasteiger partial charge in [0.05, 0.1) is 4.92 Å². The Morgan fingerprint density at radius 3 is 2.57 bits per heavy atom. The summed E-state index contributed by atoms with van der Waals surface area (Å²) in [6.45, 7) is 2.69. The fraction of sp³-hybridized carbons (Fsp3) is 0.263. The molecule has 2 aromatic rings. The van der Waals surface area contributed by atoms with Crippen LogP contribution >= 0.6 is 0 Å². The lowest BCUT2D eigenvalue weighted by atomic mass is 9.89. The predicted octanol–water partition coefficient (Wildman–Crippen LogP) is 5.09. The molecule has 0 amide bonds. The molecule has 3 rings (SSSR count). The zero-order valence-electron chi connectivity index (χ0n) is 13.1. The minimum Gasteiger partial charge on any atom is -0.488 e. The fourth-order valence-electron chi connectivity index (χ4n) is 2.92. The Bertz CT molecular complexity index is 747. The highest BCUT2D eigenvalue weighted by Crippen LogP contribution is 2.39. The summed E-state index contributed by atoms with van der Waals surface area (Å²) in [6.07, 6.45) is 3.23. The van der Waals surface area contributed by atoms with Crippen molar-refractivity contribution in [3.05, 3.63) is 69.8 Å². The molecule has 0 N–H and O–H groups in total. The third kappa shape index (κ3) is 3.11. The van der Waals surface area contributed by atoms with E-state index < -0.39 is 0 Å². The van der Waals surface area contributed by atoms with Crippen LogP contribution < -0.4 is 4.74 Å². The second-order valence-electron chi connectivity index (χ2n) is 5.65. The van der Waals surface area contributed by atoms with Crippen LogP contribution in [0.15, 0.2) is 48.5 Å². The van der Waals surface area contributed by atoms with Crippen molar-refractivity contribution < 1.29 is 9.66 Å². The molecule has 1 aliphatic heterocycles. The third-order valence-corrected chi connectivity index (χ3v) is 4.16. The summed E-state index contributed by atoms with van der Waals surface area (Å²) in [5, 5.41) is 10.8. The maximum atomic E-state index is 10.8. The summed E-state index contributed by atoms with van der Waals surface area (Å²) < 4.78 is 5.89. The molecule has 0 bridgehead atoms. The summed E-state index contributed by atoms with van der Waals surface area (Å²) in [5.41, 5.74) is 4.67. The first-order valence-corrected chi connectivity index (χ1v) is 7.89. The second kappa shape index (κ2) is 6.65. The lowest BCUT2D eigenvalue weighted by molar-refractivity contribution is -0.384. The Hall–Kier alpha value is -2.62. The molecule has 0 atom stereocenters. The van der Waals surface area contributed by atoms with Crippen LogP contribution in [0.4, 0.5) is 5.69 Å². The largest absolute Gasteiger partial charge is 0.488 e. The van der Waals surface area contributed by atoms with Gasteiger partial charge in [0.2, 0.25) is 0 Å². The van der Waals surface area contributed by atoms with Gasteiger partial charge in [0.1, 0.15) is 12.4 Å². The number of nitro benzene ring substituents is 1. The monoisotopic (exact) mass is 309 g/mol. The predicted molar refractivity (Wildman–Crippen MR) is 91.4 cm³/mol. The van der Waals surface area contributed by atoms with Crippen molar-refractivity contribution in [2.75, 3.05) is 6.61 Å². The number of benzene rings is 2. The van der Waals surface area contributed by atoms with Crippen molar-refractivity contribution in [2.45, 2.75) is 26.2 Å². The first-order valence-electron chi connectivity index (χ1n) is 7.89. The molecular weight excluding hydrogens is 290 g/mol. The Labute approximate surface area is 135 Å². The molecule has 0 aliphatic carbocycles. The first kappa shape index (κ1) is 15.3. The zero-order valence-corrected chi connectivity index (χ0v) is 13.1. The van der Waals surface area contributed by atoms with Gasteiger partial charge in [-0.05, 0) is 42.2 Å². The number of hydrogen-bond donors (Lipinski definition) is 0. The Balaban J connectivity index is 2.05. The number of para-hydroxylation sites is 1. The van der Waals surface area contributed by atoms with Gasteiger partial charge in [0.25, 0.3) is 5.69 Å². The van der Waals surface area contributed by atoms with E-state index in [0.29, 0.717) is 6.61 Å². The quantitative estimate of drug-likeness (QED) is 0.571. The van der Waals surface area contributed by atoms with E-state index in [1.165, 1.54) is 5.57 Å². The molecule has 0 aromatic heterocycles. The average molecular weight is 309 g/mol. The molecule has 0 fully saturated rings. The number of ether oxygens (including phenoxy) is 1. The summed E-state index contributed by atoms with van der Waals surface area (Å²) in [5.74, 6) is 0.921. The SMILES string of the molecule is CCCCC1=C(c2ccc([N+](=O)[O-])cc2)COc2ccccc21. The molecule has 0 radical (unpaired) electrons. The zero-order chi connectivity index (χ0) is 16.2. The number of fused-ring (bicyclic) bond motifs is 1. The molecule has 4 heteroatoms. The molecule has 1 aliphatic rings. The van der Waals surface area contributed by atoms with E-state index in [0.717, 1.165) is 41.7 Å². The summed E-state index contributed by atoms with van der Waals surface area (Å²) in [6, 6.07) is 14.8. The van der Waals surface area contributed by atoms with E-state index in [-0.39, 0.29) is 10.6 Å². The second-order valence-corrected chi connectivity index (χ2v) is 5.65. The molecule has 0 spiro atoms. The molecule has 0 saturated heterocycles. The van der Waals surface area contributed by atoms with E-state index in [2.05, 4.69) is 13.0 Å². The molecular formula is C19H19NO3. The summed E-state index contributed by atoms with van der Waals surface area (Å²) in [4.78, 5) is 10.5.